The van der Waals surface area contributed by atoms with E-state index in [1.54, 1.807) is 18.3 Å². The second-order valence-electron chi connectivity index (χ2n) is 11.4. The average molecular weight is 593 g/mol. The molecule has 0 bridgehead atoms. The average Bonchev–Trinajstić information content (AvgIpc) is 3.42. The highest BCUT2D eigenvalue weighted by atomic mass is 19.1. The van der Waals surface area contributed by atoms with Crippen LogP contribution in [0, 0.1) is 11.7 Å². The smallest absolute Gasteiger partial charge is 0.261 e. The summed E-state index contributed by atoms with van der Waals surface area (Å²) >= 11 is 0. The largest absolute Gasteiger partial charge is 0.506 e. The molecule has 0 aliphatic carbocycles. The van der Waals surface area contributed by atoms with Crippen LogP contribution in [-0.4, -0.2) is 49.3 Å². The Morgan fingerprint density at radius 1 is 1.00 bits per heavy atom. The Balaban J connectivity index is 1.23. The summed E-state index contributed by atoms with van der Waals surface area (Å²) in [5.41, 5.74) is 11.5. The SMILES string of the molecule is CC(C)C(=O)N1CCC(c2cc(-c3ccc(NC(=O)c4cncc(-c5ccc(F)cc5)c4O)cc3)c3c(N)nccn23)CC1. The van der Waals surface area contributed by atoms with Crippen molar-refractivity contribution in [3.8, 4) is 28.0 Å². The molecular formula is C34H33FN6O3. The number of amides is 2. The fourth-order valence-corrected chi connectivity index (χ4v) is 5.90. The molecule has 1 saturated heterocycles. The maximum atomic E-state index is 13.4. The molecule has 0 atom stereocenters. The molecule has 0 spiro atoms. The lowest BCUT2D eigenvalue weighted by atomic mass is 9.92. The summed E-state index contributed by atoms with van der Waals surface area (Å²) in [6, 6.07) is 15.1. The molecule has 0 saturated carbocycles. The molecule has 5 aromatic rings. The molecule has 3 aromatic heterocycles. The second-order valence-corrected chi connectivity index (χ2v) is 11.4. The first kappa shape index (κ1) is 28.9. The lowest BCUT2D eigenvalue weighted by Gasteiger charge is -2.33. The minimum Gasteiger partial charge on any atom is -0.506 e. The van der Waals surface area contributed by atoms with Gasteiger partial charge in [-0.25, -0.2) is 9.37 Å². The Kier molecular flexibility index (Phi) is 7.73. The first-order valence-electron chi connectivity index (χ1n) is 14.6. The fraction of sp³-hybridized carbons (Fsp3) is 0.235. The van der Waals surface area contributed by atoms with E-state index in [9.17, 15) is 19.1 Å². The minimum absolute atomic E-state index is 0.000961. The van der Waals surface area contributed by atoms with Crippen LogP contribution >= 0.6 is 0 Å². The van der Waals surface area contributed by atoms with E-state index in [-0.39, 0.29) is 29.1 Å². The van der Waals surface area contributed by atoms with Gasteiger partial charge in [-0.2, -0.15) is 0 Å². The van der Waals surface area contributed by atoms with E-state index in [1.807, 2.05) is 37.1 Å². The molecule has 0 radical (unpaired) electrons. The number of carbonyl (C=O) groups is 2. The Labute approximate surface area is 254 Å². The number of nitrogen functional groups attached to an aromatic ring is 1. The molecule has 9 nitrogen and oxygen atoms in total. The molecule has 4 heterocycles. The zero-order valence-corrected chi connectivity index (χ0v) is 24.5. The zero-order chi connectivity index (χ0) is 31.0. The number of benzene rings is 2. The van der Waals surface area contributed by atoms with Crippen molar-refractivity contribution in [1.29, 1.82) is 0 Å². The third-order valence-electron chi connectivity index (χ3n) is 8.23. The predicted octanol–water partition coefficient (Wildman–Crippen LogP) is 6.10. The minimum atomic E-state index is -0.529. The highest BCUT2D eigenvalue weighted by Crippen LogP contribution is 2.38. The number of halogens is 1. The normalized spacial score (nSPS) is 13.9. The quantitative estimate of drug-likeness (QED) is 0.219. The number of anilines is 2. The standard InChI is InChI=1S/C34H33FN6O3/c1-20(2)34(44)40-14-11-23(12-15-40)29-17-26(30-32(36)38-13-16-41(29)30)21-5-9-25(10-6-21)39-33(43)28-19-37-18-27(31(28)42)22-3-7-24(35)8-4-22/h3-10,13,16-20,23H,11-12,14-15H2,1-2H3,(H2,36,38)(H,37,42)(H,39,43). The molecule has 1 aliphatic rings. The number of aromatic nitrogens is 3. The third kappa shape index (κ3) is 5.46. The summed E-state index contributed by atoms with van der Waals surface area (Å²) in [6.07, 6.45) is 8.06. The van der Waals surface area contributed by atoms with Crippen LogP contribution in [0.2, 0.25) is 0 Å². The summed E-state index contributed by atoms with van der Waals surface area (Å²) in [6.45, 7) is 5.30. The van der Waals surface area contributed by atoms with Crippen molar-refractivity contribution < 1.29 is 19.1 Å². The Bertz CT molecular complexity index is 1840. The predicted molar refractivity (Wildman–Crippen MR) is 168 cm³/mol. The van der Waals surface area contributed by atoms with Gasteiger partial charge >= 0.3 is 0 Å². The maximum Gasteiger partial charge on any atom is 0.261 e. The van der Waals surface area contributed by atoms with Gasteiger partial charge in [-0.3, -0.25) is 14.6 Å². The van der Waals surface area contributed by atoms with Gasteiger partial charge in [0, 0.05) is 72.2 Å². The van der Waals surface area contributed by atoms with Crippen molar-refractivity contribution in [2.75, 3.05) is 24.1 Å². The van der Waals surface area contributed by atoms with E-state index >= 15 is 0 Å². The first-order valence-corrected chi connectivity index (χ1v) is 14.6. The highest BCUT2D eigenvalue weighted by Gasteiger charge is 2.28. The summed E-state index contributed by atoms with van der Waals surface area (Å²) in [7, 11) is 0. The lowest BCUT2D eigenvalue weighted by molar-refractivity contribution is -0.135. The first-order chi connectivity index (χ1) is 21.2. The third-order valence-corrected chi connectivity index (χ3v) is 8.23. The van der Waals surface area contributed by atoms with Crippen molar-refractivity contribution in [3.63, 3.8) is 0 Å². The van der Waals surface area contributed by atoms with Gasteiger partial charge in [0.25, 0.3) is 5.91 Å². The van der Waals surface area contributed by atoms with Gasteiger partial charge < -0.3 is 25.5 Å². The molecule has 224 valence electrons. The number of nitrogens with two attached hydrogens (primary N) is 1. The van der Waals surface area contributed by atoms with Crippen LogP contribution in [-0.2, 0) is 4.79 Å². The number of aromatic hydroxyl groups is 1. The van der Waals surface area contributed by atoms with Gasteiger partial charge in [0.2, 0.25) is 5.91 Å². The number of likely N-dealkylation sites (tertiary alicyclic amines) is 1. The number of pyridine rings is 1. The summed E-state index contributed by atoms with van der Waals surface area (Å²) in [5.74, 6) is -0.309. The van der Waals surface area contributed by atoms with E-state index in [0.29, 0.717) is 22.6 Å². The summed E-state index contributed by atoms with van der Waals surface area (Å²) < 4.78 is 15.5. The van der Waals surface area contributed by atoms with Crippen LogP contribution in [0.25, 0.3) is 27.8 Å². The Morgan fingerprint density at radius 3 is 2.34 bits per heavy atom. The second kappa shape index (κ2) is 11.8. The van der Waals surface area contributed by atoms with E-state index in [1.165, 1.54) is 36.7 Å². The molecule has 6 rings (SSSR count). The van der Waals surface area contributed by atoms with E-state index in [0.717, 1.165) is 48.3 Å². The molecule has 10 heteroatoms. The van der Waals surface area contributed by atoms with Gasteiger partial charge in [-0.1, -0.05) is 38.1 Å². The van der Waals surface area contributed by atoms with Crippen LogP contribution in [0.15, 0.2) is 79.4 Å². The van der Waals surface area contributed by atoms with Crippen LogP contribution in [0.1, 0.15) is 48.7 Å². The molecule has 1 aliphatic heterocycles. The van der Waals surface area contributed by atoms with Gasteiger partial charge in [0.15, 0.2) is 0 Å². The van der Waals surface area contributed by atoms with Crippen LogP contribution in [0.4, 0.5) is 15.9 Å². The number of fused-ring (bicyclic) bond motifs is 1. The molecule has 2 amide bonds. The van der Waals surface area contributed by atoms with Crippen LogP contribution < -0.4 is 11.1 Å². The van der Waals surface area contributed by atoms with Crippen molar-refractivity contribution >= 4 is 28.8 Å². The number of piperidine rings is 1. The number of nitrogens with one attached hydrogen (secondary N) is 1. The summed E-state index contributed by atoms with van der Waals surface area (Å²) in [5, 5.41) is 13.6. The number of nitrogens with zero attached hydrogens (tertiary/aromatic N) is 4. The topological polar surface area (TPSA) is 126 Å². The molecule has 4 N–H and O–H groups in total. The molecule has 0 unspecified atom stereocenters. The van der Waals surface area contributed by atoms with Crippen LogP contribution in [0.5, 0.6) is 5.75 Å². The van der Waals surface area contributed by atoms with E-state index in [4.69, 9.17) is 5.73 Å². The fourth-order valence-electron chi connectivity index (χ4n) is 5.90. The molecule has 44 heavy (non-hydrogen) atoms. The van der Waals surface area contributed by atoms with Gasteiger partial charge in [0.05, 0.1) is 5.52 Å². The van der Waals surface area contributed by atoms with Crippen molar-refractivity contribution in [1.82, 2.24) is 19.3 Å². The molecule has 1 fully saturated rings. The molecular weight excluding hydrogens is 559 g/mol. The highest BCUT2D eigenvalue weighted by molar-refractivity contribution is 6.07. The van der Waals surface area contributed by atoms with Crippen LogP contribution in [0.3, 0.4) is 0 Å². The van der Waals surface area contributed by atoms with Gasteiger partial charge in [0.1, 0.15) is 22.9 Å². The van der Waals surface area contributed by atoms with E-state index < -0.39 is 11.7 Å². The van der Waals surface area contributed by atoms with Crippen molar-refractivity contribution in [2.24, 2.45) is 5.92 Å². The number of hydrogen-bond acceptors (Lipinski definition) is 6. The number of hydrogen-bond donors (Lipinski definition) is 3. The van der Waals surface area contributed by atoms with E-state index in [2.05, 4.69) is 25.8 Å². The number of rotatable bonds is 6. The Hall–Kier alpha value is -5.25. The van der Waals surface area contributed by atoms with Crippen molar-refractivity contribution in [3.05, 3.63) is 96.5 Å². The summed E-state index contributed by atoms with van der Waals surface area (Å²) in [4.78, 5) is 36.0. The lowest BCUT2D eigenvalue weighted by Crippen LogP contribution is -2.40. The monoisotopic (exact) mass is 592 g/mol. The number of carbonyl (C=O) groups excluding carboxylic acids is 2. The zero-order valence-electron chi connectivity index (χ0n) is 24.5. The Morgan fingerprint density at radius 2 is 1.66 bits per heavy atom. The van der Waals surface area contributed by atoms with Gasteiger partial charge in [-0.15, -0.1) is 0 Å². The van der Waals surface area contributed by atoms with Crippen molar-refractivity contribution in [2.45, 2.75) is 32.6 Å². The van der Waals surface area contributed by atoms with Gasteiger partial charge in [-0.05, 0) is 54.3 Å². The molecule has 2 aromatic carbocycles. The maximum absolute atomic E-state index is 13.4.